The van der Waals surface area contributed by atoms with Crippen molar-refractivity contribution in [2.24, 2.45) is 4.99 Å². The maximum absolute atomic E-state index is 14.0. The summed E-state index contributed by atoms with van der Waals surface area (Å²) in [7, 11) is 3.28. The number of hydrogen-bond acceptors (Lipinski definition) is 4. The SMILES string of the molecule is CN=C(NCc1cccnc1OC)NC1CCN(c2ccc(F)cc2F)C1.I. The van der Waals surface area contributed by atoms with Gasteiger partial charge in [0.15, 0.2) is 5.96 Å². The molecule has 0 amide bonds. The number of ether oxygens (including phenoxy) is 1. The lowest BCUT2D eigenvalue weighted by Crippen LogP contribution is -2.44. The van der Waals surface area contributed by atoms with Crippen LogP contribution in [0.3, 0.4) is 0 Å². The molecule has 1 unspecified atom stereocenters. The number of halogens is 3. The standard InChI is InChI=1S/C19H23F2N5O.HI/c1-22-19(24-11-13-4-3-8-23-18(13)27-2)25-15-7-9-26(12-15)17-6-5-14(20)10-16(17)21;/h3-6,8,10,15H,7,9,11-12H2,1-2H3,(H2,22,24,25);1H. The fourth-order valence-electron chi connectivity index (χ4n) is 3.14. The zero-order valence-corrected chi connectivity index (χ0v) is 18.1. The topological polar surface area (TPSA) is 61.8 Å². The lowest BCUT2D eigenvalue weighted by Gasteiger charge is -2.21. The third-order valence-corrected chi connectivity index (χ3v) is 4.49. The Kier molecular flexibility index (Phi) is 8.21. The van der Waals surface area contributed by atoms with Gasteiger partial charge in [0.25, 0.3) is 0 Å². The first-order chi connectivity index (χ1) is 13.1. The van der Waals surface area contributed by atoms with Crippen LogP contribution in [0.5, 0.6) is 5.88 Å². The van der Waals surface area contributed by atoms with Gasteiger partial charge in [0, 0.05) is 50.6 Å². The van der Waals surface area contributed by atoms with Gasteiger partial charge in [-0.25, -0.2) is 13.8 Å². The van der Waals surface area contributed by atoms with Crippen molar-refractivity contribution >= 4 is 35.6 Å². The molecule has 0 saturated carbocycles. The molecule has 1 aliphatic heterocycles. The molecule has 6 nitrogen and oxygen atoms in total. The molecule has 28 heavy (non-hydrogen) atoms. The van der Waals surface area contributed by atoms with E-state index >= 15 is 0 Å². The summed E-state index contributed by atoms with van der Waals surface area (Å²) in [5.74, 6) is 0.106. The van der Waals surface area contributed by atoms with E-state index in [0.717, 1.165) is 18.1 Å². The first kappa shape index (κ1) is 22.1. The van der Waals surface area contributed by atoms with Gasteiger partial charge >= 0.3 is 0 Å². The highest BCUT2D eigenvalue weighted by Crippen LogP contribution is 2.24. The van der Waals surface area contributed by atoms with Crippen molar-refractivity contribution in [3.05, 3.63) is 53.7 Å². The summed E-state index contributed by atoms with van der Waals surface area (Å²) >= 11 is 0. The normalized spacial score (nSPS) is 16.5. The number of aliphatic imine (C=N–C) groups is 1. The monoisotopic (exact) mass is 503 g/mol. The highest BCUT2D eigenvalue weighted by molar-refractivity contribution is 14.0. The minimum atomic E-state index is -0.569. The van der Waals surface area contributed by atoms with Gasteiger partial charge in [0.1, 0.15) is 11.6 Å². The maximum Gasteiger partial charge on any atom is 0.218 e. The highest BCUT2D eigenvalue weighted by Gasteiger charge is 2.25. The van der Waals surface area contributed by atoms with E-state index < -0.39 is 11.6 Å². The molecule has 1 fully saturated rings. The molecule has 0 aliphatic carbocycles. The van der Waals surface area contributed by atoms with E-state index in [4.69, 9.17) is 4.74 Å². The summed E-state index contributed by atoms with van der Waals surface area (Å²) in [5, 5.41) is 6.58. The van der Waals surface area contributed by atoms with Crippen LogP contribution in [0.25, 0.3) is 0 Å². The predicted octanol–water partition coefficient (Wildman–Crippen LogP) is 2.93. The lowest BCUT2D eigenvalue weighted by atomic mass is 10.2. The largest absolute Gasteiger partial charge is 0.481 e. The van der Waals surface area contributed by atoms with Gasteiger partial charge in [-0.2, -0.15) is 0 Å². The first-order valence-corrected chi connectivity index (χ1v) is 8.75. The first-order valence-electron chi connectivity index (χ1n) is 8.75. The minimum absolute atomic E-state index is 0. The Bertz CT molecular complexity index is 821. The Morgan fingerprint density at radius 1 is 1.36 bits per heavy atom. The number of methoxy groups -OCH3 is 1. The van der Waals surface area contributed by atoms with E-state index in [-0.39, 0.29) is 30.0 Å². The van der Waals surface area contributed by atoms with Gasteiger partial charge < -0.3 is 20.3 Å². The van der Waals surface area contributed by atoms with Crippen molar-refractivity contribution in [3.8, 4) is 5.88 Å². The number of hydrogen-bond donors (Lipinski definition) is 2. The number of pyridine rings is 1. The third kappa shape index (κ3) is 5.43. The van der Waals surface area contributed by atoms with E-state index in [9.17, 15) is 8.78 Å². The molecule has 0 radical (unpaired) electrons. The second-order valence-electron chi connectivity index (χ2n) is 6.27. The number of guanidine groups is 1. The molecule has 9 heteroatoms. The Morgan fingerprint density at radius 3 is 2.89 bits per heavy atom. The van der Waals surface area contributed by atoms with Crippen LogP contribution < -0.4 is 20.3 Å². The summed E-state index contributed by atoms with van der Waals surface area (Å²) in [4.78, 5) is 10.3. The second-order valence-corrected chi connectivity index (χ2v) is 6.27. The average Bonchev–Trinajstić information content (AvgIpc) is 3.13. The maximum atomic E-state index is 14.0. The molecular weight excluding hydrogens is 479 g/mol. The van der Waals surface area contributed by atoms with Crippen LogP contribution >= 0.6 is 24.0 Å². The molecule has 0 spiro atoms. The van der Waals surface area contributed by atoms with Crippen molar-refractivity contribution in [2.75, 3.05) is 32.1 Å². The molecule has 2 heterocycles. The van der Waals surface area contributed by atoms with Crippen molar-refractivity contribution in [1.82, 2.24) is 15.6 Å². The number of rotatable bonds is 5. The lowest BCUT2D eigenvalue weighted by molar-refractivity contribution is 0.392. The molecule has 3 rings (SSSR count). The molecule has 1 aliphatic rings. The van der Waals surface area contributed by atoms with Crippen LogP contribution in [0.2, 0.25) is 0 Å². The van der Waals surface area contributed by atoms with Crippen LogP contribution in [0, 0.1) is 11.6 Å². The van der Waals surface area contributed by atoms with Gasteiger partial charge in [0.05, 0.1) is 12.8 Å². The van der Waals surface area contributed by atoms with Crippen LogP contribution in [0.15, 0.2) is 41.5 Å². The molecule has 0 bridgehead atoms. The fraction of sp³-hybridized carbons (Fsp3) is 0.368. The van der Waals surface area contributed by atoms with Gasteiger partial charge in [0.2, 0.25) is 5.88 Å². The van der Waals surface area contributed by atoms with Gasteiger partial charge in [-0.15, -0.1) is 24.0 Å². The molecule has 1 atom stereocenters. The average molecular weight is 503 g/mol. The van der Waals surface area contributed by atoms with Crippen molar-refractivity contribution in [1.29, 1.82) is 0 Å². The Balaban J connectivity index is 0.00000280. The summed E-state index contributed by atoms with van der Waals surface area (Å²) in [6.45, 7) is 1.81. The number of anilines is 1. The molecule has 1 aromatic carbocycles. The van der Waals surface area contributed by atoms with E-state index in [2.05, 4.69) is 20.6 Å². The summed E-state index contributed by atoms with van der Waals surface area (Å²) in [5.41, 5.74) is 1.34. The zero-order chi connectivity index (χ0) is 19.2. The Morgan fingerprint density at radius 2 is 2.18 bits per heavy atom. The second kappa shape index (κ2) is 10.4. The highest BCUT2D eigenvalue weighted by atomic mass is 127. The zero-order valence-electron chi connectivity index (χ0n) is 15.8. The molecule has 1 saturated heterocycles. The fourth-order valence-corrected chi connectivity index (χ4v) is 3.14. The number of benzene rings is 1. The van der Waals surface area contributed by atoms with Gasteiger partial charge in [-0.3, -0.25) is 4.99 Å². The summed E-state index contributed by atoms with van der Waals surface area (Å²) in [6.07, 6.45) is 2.50. The van der Waals surface area contributed by atoms with Crippen molar-refractivity contribution in [3.63, 3.8) is 0 Å². The van der Waals surface area contributed by atoms with Crippen LogP contribution in [-0.2, 0) is 6.54 Å². The van der Waals surface area contributed by atoms with E-state index in [0.29, 0.717) is 37.2 Å². The van der Waals surface area contributed by atoms with Crippen molar-refractivity contribution < 1.29 is 13.5 Å². The van der Waals surface area contributed by atoms with Crippen molar-refractivity contribution in [2.45, 2.75) is 19.0 Å². The van der Waals surface area contributed by atoms with Crippen LogP contribution in [0.4, 0.5) is 14.5 Å². The van der Waals surface area contributed by atoms with E-state index in [1.165, 1.54) is 12.1 Å². The molecule has 2 aromatic rings. The van der Waals surface area contributed by atoms with Crippen LogP contribution in [-0.4, -0.2) is 44.2 Å². The third-order valence-electron chi connectivity index (χ3n) is 4.49. The molecule has 1 aromatic heterocycles. The smallest absolute Gasteiger partial charge is 0.218 e. The quantitative estimate of drug-likeness (QED) is 0.374. The molecule has 2 N–H and O–H groups in total. The Labute approximate surface area is 180 Å². The summed E-state index contributed by atoms with van der Waals surface area (Å²) < 4.78 is 32.3. The van der Waals surface area contributed by atoms with Gasteiger partial charge in [-0.05, 0) is 24.6 Å². The van der Waals surface area contributed by atoms with Gasteiger partial charge in [-0.1, -0.05) is 6.07 Å². The van der Waals surface area contributed by atoms with E-state index in [1.807, 2.05) is 17.0 Å². The van der Waals surface area contributed by atoms with E-state index in [1.54, 1.807) is 20.4 Å². The minimum Gasteiger partial charge on any atom is -0.481 e. The number of nitrogens with zero attached hydrogens (tertiary/aromatic N) is 3. The Hall–Kier alpha value is -2.17. The number of aromatic nitrogens is 1. The number of nitrogens with one attached hydrogen (secondary N) is 2. The summed E-state index contributed by atoms with van der Waals surface area (Å²) in [6, 6.07) is 7.56. The molecular formula is C19H24F2IN5O. The van der Waals surface area contributed by atoms with Crippen LogP contribution in [0.1, 0.15) is 12.0 Å². The molecule has 152 valence electrons. The predicted molar refractivity (Wildman–Crippen MR) is 117 cm³/mol.